The SMILES string of the molecule is COC(=O)c1sc2nc(C)nc(NC(C(N)=O)c3ccc(F)cc3)c2c1C. The fraction of sp³-hybridized carbons (Fsp3) is 0.222. The predicted octanol–water partition coefficient (Wildman–Crippen LogP) is 2.87. The molecule has 3 N–H and O–H groups in total. The summed E-state index contributed by atoms with van der Waals surface area (Å²) in [6, 6.07) is 4.52. The lowest BCUT2D eigenvalue weighted by Gasteiger charge is -2.17. The zero-order valence-electron chi connectivity index (χ0n) is 14.9. The first kappa shape index (κ1) is 18.7. The van der Waals surface area contributed by atoms with Crippen molar-refractivity contribution in [1.82, 2.24) is 9.97 Å². The molecule has 7 nitrogen and oxygen atoms in total. The molecular weight excluding hydrogens is 371 g/mol. The van der Waals surface area contributed by atoms with Gasteiger partial charge in [0.1, 0.15) is 33.2 Å². The van der Waals surface area contributed by atoms with E-state index in [1.54, 1.807) is 13.8 Å². The number of benzene rings is 1. The number of hydrogen-bond donors (Lipinski definition) is 2. The van der Waals surface area contributed by atoms with Gasteiger partial charge in [0.25, 0.3) is 0 Å². The number of nitrogens with zero attached hydrogens (tertiary/aromatic N) is 2. The van der Waals surface area contributed by atoms with Crippen LogP contribution in [0.4, 0.5) is 10.2 Å². The Bertz CT molecular complexity index is 1030. The number of hydrogen-bond acceptors (Lipinski definition) is 7. The fourth-order valence-electron chi connectivity index (χ4n) is 2.75. The second-order valence-corrected chi connectivity index (χ2v) is 6.88. The van der Waals surface area contributed by atoms with Crippen molar-refractivity contribution in [3.8, 4) is 0 Å². The molecule has 0 saturated carbocycles. The van der Waals surface area contributed by atoms with Crippen molar-refractivity contribution in [2.75, 3.05) is 12.4 Å². The second-order valence-electron chi connectivity index (χ2n) is 5.88. The van der Waals surface area contributed by atoms with Crippen LogP contribution in [-0.4, -0.2) is 29.0 Å². The van der Waals surface area contributed by atoms with Gasteiger partial charge in [-0.05, 0) is 37.1 Å². The van der Waals surface area contributed by atoms with E-state index in [4.69, 9.17) is 10.5 Å². The smallest absolute Gasteiger partial charge is 0.348 e. The van der Waals surface area contributed by atoms with E-state index in [1.165, 1.54) is 42.7 Å². The Kier molecular flexibility index (Phi) is 5.04. The summed E-state index contributed by atoms with van der Waals surface area (Å²) in [5.41, 5.74) is 6.68. The minimum Gasteiger partial charge on any atom is -0.465 e. The molecule has 0 fully saturated rings. The van der Waals surface area contributed by atoms with Crippen molar-refractivity contribution < 1.29 is 18.7 Å². The summed E-state index contributed by atoms with van der Waals surface area (Å²) in [6.45, 7) is 3.46. The van der Waals surface area contributed by atoms with Crippen LogP contribution in [0.3, 0.4) is 0 Å². The highest BCUT2D eigenvalue weighted by Crippen LogP contribution is 2.35. The maximum Gasteiger partial charge on any atom is 0.348 e. The van der Waals surface area contributed by atoms with Crippen LogP contribution in [0.5, 0.6) is 0 Å². The van der Waals surface area contributed by atoms with Crippen LogP contribution in [0.2, 0.25) is 0 Å². The third-order valence-electron chi connectivity index (χ3n) is 4.04. The molecule has 3 rings (SSSR count). The van der Waals surface area contributed by atoms with Gasteiger partial charge in [-0.25, -0.2) is 19.2 Å². The van der Waals surface area contributed by atoms with Gasteiger partial charge in [0.15, 0.2) is 0 Å². The van der Waals surface area contributed by atoms with E-state index in [-0.39, 0.29) is 0 Å². The lowest BCUT2D eigenvalue weighted by atomic mass is 10.1. The van der Waals surface area contributed by atoms with Crippen molar-refractivity contribution in [3.63, 3.8) is 0 Å². The van der Waals surface area contributed by atoms with Gasteiger partial charge in [-0.15, -0.1) is 11.3 Å². The Morgan fingerprint density at radius 1 is 1.22 bits per heavy atom. The Morgan fingerprint density at radius 2 is 1.89 bits per heavy atom. The number of carbonyl (C=O) groups is 2. The molecule has 0 aliphatic rings. The average Bonchev–Trinajstić information content (AvgIpc) is 2.96. The number of nitrogens with two attached hydrogens (primary N) is 1. The predicted molar refractivity (Wildman–Crippen MR) is 100 cm³/mol. The number of nitrogens with one attached hydrogen (secondary N) is 1. The standard InChI is InChI=1S/C18H17FN4O3S/c1-8-12-16(21-9(2)22-17(12)27-14(8)18(25)26-3)23-13(15(20)24)10-4-6-11(19)7-5-10/h4-7,13H,1-3H3,(H2,20,24)(H,21,22,23). The van der Waals surface area contributed by atoms with Crippen LogP contribution >= 0.6 is 11.3 Å². The van der Waals surface area contributed by atoms with E-state index >= 15 is 0 Å². The lowest BCUT2D eigenvalue weighted by Crippen LogP contribution is -2.28. The number of carbonyl (C=O) groups excluding carboxylic acids is 2. The number of primary amides is 1. The number of rotatable bonds is 5. The lowest BCUT2D eigenvalue weighted by molar-refractivity contribution is -0.118. The van der Waals surface area contributed by atoms with Crippen LogP contribution in [0, 0.1) is 19.7 Å². The summed E-state index contributed by atoms with van der Waals surface area (Å²) in [4.78, 5) is 33.7. The number of fused-ring (bicyclic) bond motifs is 1. The fourth-order valence-corrected chi connectivity index (χ4v) is 3.89. The summed E-state index contributed by atoms with van der Waals surface area (Å²) < 4.78 is 18.0. The second kappa shape index (κ2) is 7.28. The van der Waals surface area contributed by atoms with Crippen LogP contribution in [0.15, 0.2) is 24.3 Å². The number of esters is 1. The highest BCUT2D eigenvalue weighted by molar-refractivity contribution is 7.20. The molecule has 27 heavy (non-hydrogen) atoms. The molecule has 1 unspecified atom stereocenters. The van der Waals surface area contributed by atoms with E-state index < -0.39 is 23.7 Å². The van der Waals surface area contributed by atoms with Gasteiger partial charge in [0, 0.05) is 0 Å². The van der Waals surface area contributed by atoms with E-state index in [9.17, 15) is 14.0 Å². The Hall–Kier alpha value is -3.07. The van der Waals surface area contributed by atoms with Gasteiger partial charge < -0.3 is 15.8 Å². The van der Waals surface area contributed by atoms with E-state index in [2.05, 4.69) is 15.3 Å². The molecule has 2 aromatic heterocycles. The zero-order valence-corrected chi connectivity index (χ0v) is 15.7. The number of anilines is 1. The van der Waals surface area contributed by atoms with Crippen molar-refractivity contribution in [2.45, 2.75) is 19.9 Å². The van der Waals surface area contributed by atoms with Crippen molar-refractivity contribution in [3.05, 3.63) is 51.9 Å². The molecule has 140 valence electrons. The number of halogens is 1. The molecule has 0 radical (unpaired) electrons. The molecule has 0 aliphatic heterocycles. The number of ether oxygens (including phenoxy) is 1. The third kappa shape index (κ3) is 3.59. The molecule has 0 aliphatic carbocycles. The van der Waals surface area contributed by atoms with Gasteiger partial charge in [0.2, 0.25) is 5.91 Å². The first-order valence-electron chi connectivity index (χ1n) is 7.99. The molecule has 9 heteroatoms. The summed E-state index contributed by atoms with van der Waals surface area (Å²) in [5, 5.41) is 3.63. The van der Waals surface area contributed by atoms with Gasteiger partial charge in [-0.2, -0.15) is 0 Å². The average molecular weight is 388 g/mol. The van der Waals surface area contributed by atoms with Gasteiger partial charge in [-0.1, -0.05) is 12.1 Å². The van der Waals surface area contributed by atoms with Crippen molar-refractivity contribution in [1.29, 1.82) is 0 Å². The quantitative estimate of drug-likeness (QED) is 0.651. The van der Waals surface area contributed by atoms with Gasteiger partial charge in [-0.3, -0.25) is 4.79 Å². The van der Waals surface area contributed by atoms with Gasteiger partial charge >= 0.3 is 5.97 Å². The van der Waals surface area contributed by atoms with Crippen LogP contribution in [0.1, 0.15) is 32.7 Å². The topological polar surface area (TPSA) is 107 Å². The number of thiophene rings is 1. The Morgan fingerprint density at radius 3 is 2.48 bits per heavy atom. The molecule has 0 saturated heterocycles. The molecule has 2 heterocycles. The monoisotopic (exact) mass is 388 g/mol. The summed E-state index contributed by atoms with van der Waals surface area (Å²) in [7, 11) is 1.31. The third-order valence-corrected chi connectivity index (χ3v) is 5.21. The minimum absolute atomic E-state index is 0.370. The first-order chi connectivity index (χ1) is 12.8. The van der Waals surface area contributed by atoms with E-state index in [0.717, 1.165) is 0 Å². The summed E-state index contributed by atoms with van der Waals surface area (Å²) >= 11 is 1.19. The number of aromatic nitrogens is 2. The molecule has 0 bridgehead atoms. The zero-order chi connectivity index (χ0) is 19.7. The molecule has 1 amide bonds. The van der Waals surface area contributed by atoms with Crippen molar-refractivity contribution in [2.24, 2.45) is 5.73 Å². The van der Waals surface area contributed by atoms with E-state index in [0.29, 0.717) is 37.9 Å². The first-order valence-corrected chi connectivity index (χ1v) is 8.80. The van der Waals surface area contributed by atoms with Crippen molar-refractivity contribution >= 4 is 39.2 Å². The Labute approximate surface area is 158 Å². The Balaban J connectivity index is 2.11. The number of methoxy groups -OCH3 is 1. The van der Waals surface area contributed by atoms with Crippen LogP contribution < -0.4 is 11.1 Å². The van der Waals surface area contributed by atoms with Gasteiger partial charge in [0.05, 0.1) is 12.5 Å². The molecule has 3 aromatic rings. The number of amides is 1. The van der Waals surface area contributed by atoms with Crippen LogP contribution in [0.25, 0.3) is 10.2 Å². The summed E-state index contributed by atoms with van der Waals surface area (Å²) in [6.07, 6.45) is 0. The van der Waals surface area contributed by atoms with E-state index in [1.807, 2.05) is 0 Å². The largest absolute Gasteiger partial charge is 0.465 e. The maximum atomic E-state index is 13.2. The number of aryl methyl sites for hydroxylation is 2. The van der Waals surface area contributed by atoms with Crippen LogP contribution in [-0.2, 0) is 9.53 Å². The molecule has 1 atom stereocenters. The molecule has 1 aromatic carbocycles. The maximum absolute atomic E-state index is 13.2. The highest BCUT2D eigenvalue weighted by Gasteiger charge is 2.24. The molecular formula is C18H17FN4O3S. The molecule has 0 spiro atoms. The minimum atomic E-state index is -0.927. The normalized spacial score (nSPS) is 12.0. The highest BCUT2D eigenvalue weighted by atomic mass is 32.1. The summed E-state index contributed by atoms with van der Waals surface area (Å²) in [5.74, 6) is -0.700.